The zero-order chi connectivity index (χ0) is 17.1. The van der Waals surface area contributed by atoms with E-state index in [1.807, 2.05) is 0 Å². The van der Waals surface area contributed by atoms with Gasteiger partial charge >= 0.3 is 5.97 Å². The van der Waals surface area contributed by atoms with Gasteiger partial charge in [-0.05, 0) is 25.1 Å². The van der Waals surface area contributed by atoms with Crippen molar-refractivity contribution in [2.45, 2.75) is 13.3 Å². The van der Waals surface area contributed by atoms with Crippen molar-refractivity contribution in [3.05, 3.63) is 41.9 Å². The lowest BCUT2D eigenvalue weighted by Gasteiger charge is -2.10. The van der Waals surface area contributed by atoms with Crippen molar-refractivity contribution in [1.29, 1.82) is 0 Å². The minimum atomic E-state index is -0.455. The van der Waals surface area contributed by atoms with Gasteiger partial charge < -0.3 is 14.2 Å². The molecule has 1 aromatic carbocycles. The summed E-state index contributed by atoms with van der Waals surface area (Å²) in [4.78, 5) is 20.5. The monoisotopic (exact) mass is 328 g/mol. The molecule has 0 aliphatic heterocycles. The van der Waals surface area contributed by atoms with Gasteiger partial charge in [0.25, 0.3) is 5.78 Å². The van der Waals surface area contributed by atoms with Crippen molar-refractivity contribution >= 4 is 11.7 Å². The van der Waals surface area contributed by atoms with E-state index in [1.165, 1.54) is 10.8 Å². The number of carbonyl (C=O) groups is 1. The third-order valence-electron chi connectivity index (χ3n) is 3.39. The molecular formula is C16H16N4O4. The van der Waals surface area contributed by atoms with E-state index in [-0.39, 0.29) is 12.3 Å². The number of carbonyl (C=O) groups excluding carboxylic acids is 1. The molecule has 2 aromatic heterocycles. The molecule has 0 N–H and O–H groups in total. The molecule has 0 saturated carbocycles. The minimum absolute atomic E-state index is 0.0257. The van der Waals surface area contributed by atoms with Gasteiger partial charge in [-0.1, -0.05) is 0 Å². The molecule has 8 heteroatoms. The van der Waals surface area contributed by atoms with Crippen LogP contribution < -0.4 is 14.2 Å². The van der Waals surface area contributed by atoms with E-state index in [2.05, 4.69) is 15.1 Å². The minimum Gasteiger partial charge on any atom is -0.497 e. The molecule has 8 nitrogen and oxygen atoms in total. The van der Waals surface area contributed by atoms with Gasteiger partial charge in [-0.15, -0.1) is 0 Å². The first-order valence-electron chi connectivity index (χ1n) is 7.19. The van der Waals surface area contributed by atoms with Crippen molar-refractivity contribution in [3.8, 4) is 17.4 Å². The van der Waals surface area contributed by atoms with Gasteiger partial charge in [0, 0.05) is 17.3 Å². The average molecular weight is 328 g/mol. The fourth-order valence-corrected chi connectivity index (χ4v) is 2.30. The van der Waals surface area contributed by atoms with Crippen LogP contribution in [0, 0.1) is 6.92 Å². The average Bonchev–Trinajstić information content (AvgIpc) is 3.03. The van der Waals surface area contributed by atoms with Crippen LogP contribution in [0.4, 0.5) is 0 Å². The van der Waals surface area contributed by atoms with Crippen LogP contribution in [0.25, 0.3) is 5.78 Å². The Labute approximate surface area is 138 Å². The highest BCUT2D eigenvalue weighted by Crippen LogP contribution is 2.25. The number of benzene rings is 1. The quantitative estimate of drug-likeness (QED) is 0.657. The van der Waals surface area contributed by atoms with Crippen molar-refractivity contribution in [2.24, 2.45) is 0 Å². The number of hydrogen-bond acceptors (Lipinski definition) is 7. The summed E-state index contributed by atoms with van der Waals surface area (Å²) in [6.07, 6.45) is 1.38. The van der Waals surface area contributed by atoms with E-state index in [0.717, 1.165) is 0 Å². The number of nitrogens with zero attached hydrogens (tertiary/aromatic N) is 4. The fraction of sp³-hybridized carbons (Fsp3) is 0.250. The molecule has 2 heterocycles. The van der Waals surface area contributed by atoms with E-state index in [9.17, 15) is 4.79 Å². The summed E-state index contributed by atoms with van der Waals surface area (Å²) < 4.78 is 17.2. The highest BCUT2D eigenvalue weighted by atomic mass is 16.5. The molecule has 0 fully saturated rings. The van der Waals surface area contributed by atoms with Crippen molar-refractivity contribution < 1.29 is 19.0 Å². The van der Waals surface area contributed by atoms with E-state index in [1.54, 1.807) is 45.4 Å². The second kappa shape index (κ2) is 6.53. The van der Waals surface area contributed by atoms with E-state index < -0.39 is 5.97 Å². The number of methoxy groups -OCH3 is 2. The summed E-state index contributed by atoms with van der Waals surface area (Å²) in [6.45, 7) is 1.79. The highest BCUT2D eigenvalue weighted by Gasteiger charge is 2.15. The largest absolute Gasteiger partial charge is 0.497 e. The number of rotatable bonds is 5. The number of aromatic nitrogens is 4. The first-order chi connectivity index (χ1) is 11.6. The summed E-state index contributed by atoms with van der Waals surface area (Å²) in [5.74, 6) is 1.41. The molecule has 0 bridgehead atoms. The van der Waals surface area contributed by atoms with Crippen molar-refractivity contribution in [2.75, 3.05) is 14.2 Å². The lowest BCUT2D eigenvalue weighted by atomic mass is 10.1. The number of esters is 1. The van der Waals surface area contributed by atoms with Gasteiger partial charge in [0.15, 0.2) is 0 Å². The van der Waals surface area contributed by atoms with Crippen LogP contribution in [0.1, 0.15) is 11.3 Å². The van der Waals surface area contributed by atoms with Crippen LogP contribution in [0.3, 0.4) is 0 Å². The molecule has 3 aromatic rings. The molecular weight excluding hydrogens is 312 g/mol. The maximum atomic E-state index is 12.3. The molecule has 0 aliphatic rings. The molecule has 0 unspecified atom stereocenters. The Kier molecular flexibility index (Phi) is 4.28. The summed E-state index contributed by atoms with van der Waals surface area (Å²) in [7, 11) is 3.10. The standard InChI is InChI=1S/C16H16N4O4/c1-10-6-14(20-16(19-10)17-9-18-20)24-15(21)8-11-7-12(22-2)4-5-13(11)23-3/h4-7,9H,8H2,1-3H3. The third kappa shape index (κ3) is 3.12. The molecule has 124 valence electrons. The summed E-state index contributed by atoms with van der Waals surface area (Å²) >= 11 is 0. The van der Waals surface area contributed by atoms with Crippen LogP contribution in [-0.2, 0) is 11.2 Å². The molecule has 0 radical (unpaired) electrons. The van der Waals surface area contributed by atoms with Gasteiger partial charge in [0.05, 0.1) is 20.6 Å². The van der Waals surface area contributed by atoms with Crippen molar-refractivity contribution in [3.63, 3.8) is 0 Å². The Morgan fingerprint density at radius 2 is 2.04 bits per heavy atom. The second-order valence-corrected chi connectivity index (χ2v) is 5.04. The van der Waals surface area contributed by atoms with Gasteiger partial charge in [-0.25, -0.2) is 4.98 Å². The Morgan fingerprint density at radius 1 is 1.21 bits per heavy atom. The highest BCUT2D eigenvalue weighted by molar-refractivity contribution is 5.76. The Bertz CT molecular complexity index is 891. The van der Waals surface area contributed by atoms with Gasteiger partial charge in [0.1, 0.15) is 17.8 Å². The Morgan fingerprint density at radius 3 is 2.79 bits per heavy atom. The molecule has 3 rings (SSSR count). The zero-order valence-corrected chi connectivity index (χ0v) is 13.5. The molecule has 0 atom stereocenters. The number of hydrogen-bond donors (Lipinski definition) is 0. The zero-order valence-electron chi connectivity index (χ0n) is 13.5. The van der Waals surface area contributed by atoms with Gasteiger partial charge in [-0.3, -0.25) is 4.79 Å². The SMILES string of the molecule is COc1ccc(OC)c(CC(=O)Oc2cc(C)nc3ncnn23)c1. The summed E-state index contributed by atoms with van der Waals surface area (Å²) in [6, 6.07) is 6.87. The first-order valence-corrected chi connectivity index (χ1v) is 7.19. The van der Waals surface area contributed by atoms with Gasteiger partial charge in [0.2, 0.25) is 5.88 Å². The molecule has 0 spiro atoms. The predicted molar refractivity (Wildman–Crippen MR) is 84.4 cm³/mol. The fourth-order valence-electron chi connectivity index (χ4n) is 2.30. The predicted octanol–water partition coefficient (Wildman–Crippen LogP) is 1.60. The van der Waals surface area contributed by atoms with Gasteiger partial charge in [-0.2, -0.15) is 14.6 Å². The first kappa shape index (κ1) is 15.7. The number of ether oxygens (including phenoxy) is 3. The maximum Gasteiger partial charge on any atom is 0.317 e. The summed E-state index contributed by atoms with van der Waals surface area (Å²) in [5.41, 5.74) is 1.35. The normalized spacial score (nSPS) is 10.6. The van der Waals surface area contributed by atoms with Crippen LogP contribution in [-0.4, -0.2) is 39.8 Å². The number of fused-ring (bicyclic) bond motifs is 1. The van der Waals surface area contributed by atoms with Crippen molar-refractivity contribution in [1.82, 2.24) is 19.6 Å². The van der Waals surface area contributed by atoms with E-state index >= 15 is 0 Å². The van der Waals surface area contributed by atoms with E-state index in [0.29, 0.717) is 28.5 Å². The van der Waals surface area contributed by atoms with Crippen LogP contribution in [0.5, 0.6) is 17.4 Å². The Hall–Kier alpha value is -3.16. The smallest absolute Gasteiger partial charge is 0.317 e. The molecule has 0 amide bonds. The lowest BCUT2D eigenvalue weighted by Crippen LogP contribution is -2.15. The Balaban J connectivity index is 1.84. The summed E-state index contributed by atoms with van der Waals surface area (Å²) in [5, 5.41) is 4.00. The van der Waals surface area contributed by atoms with Crippen LogP contribution in [0.2, 0.25) is 0 Å². The van der Waals surface area contributed by atoms with Crippen LogP contribution in [0.15, 0.2) is 30.6 Å². The second-order valence-electron chi connectivity index (χ2n) is 5.04. The maximum absolute atomic E-state index is 12.3. The molecule has 24 heavy (non-hydrogen) atoms. The molecule has 0 saturated heterocycles. The number of aryl methyl sites for hydroxylation is 1. The van der Waals surface area contributed by atoms with Crippen LogP contribution >= 0.6 is 0 Å². The lowest BCUT2D eigenvalue weighted by molar-refractivity contribution is -0.134. The third-order valence-corrected chi connectivity index (χ3v) is 3.39. The van der Waals surface area contributed by atoms with E-state index in [4.69, 9.17) is 14.2 Å². The molecule has 0 aliphatic carbocycles. The topological polar surface area (TPSA) is 87.8 Å².